The van der Waals surface area contributed by atoms with Gasteiger partial charge in [0.15, 0.2) is 0 Å². The van der Waals surface area contributed by atoms with Gasteiger partial charge in [0.2, 0.25) is 0 Å². The number of benzene rings is 1. The van der Waals surface area contributed by atoms with Crippen LogP contribution >= 0.6 is 15.9 Å². The zero-order valence-corrected chi connectivity index (χ0v) is 13.0. The molecule has 1 aliphatic carbocycles. The minimum absolute atomic E-state index is 0.627. The van der Waals surface area contributed by atoms with Gasteiger partial charge in [-0.3, -0.25) is 4.90 Å². The van der Waals surface area contributed by atoms with Crippen molar-refractivity contribution in [1.29, 1.82) is 0 Å². The van der Waals surface area contributed by atoms with Crippen molar-refractivity contribution in [2.24, 2.45) is 5.92 Å². The Morgan fingerprint density at radius 1 is 1.16 bits per heavy atom. The number of rotatable bonds is 3. The molecule has 0 spiro atoms. The van der Waals surface area contributed by atoms with Crippen molar-refractivity contribution in [2.45, 2.75) is 31.7 Å². The Morgan fingerprint density at radius 3 is 2.58 bits per heavy atom. The van der Waals surface area contributed by atoms with E-state index in [-0.39, 0.29) is 0 Å². The van der Waals surface area contributed by atoms with Crippen LogP contribution in [0.25, 0.3) is 0 Å². The lowest BCUT2D eigenvalue weighted by Crippen LogP contribution is -2.46. The molecule has 1 saturated carbocycles. The van der Waals surface area contributed by atoms with Gasteiger partial charge in [-0.25, -0.2) is 0 Å². The molecule has 1 saturated heterocycles. The molecule has 1 N–H and O–H groups in total. The SMILES string of the molecule is Brc1cccc([C@H](C2CCCC2)N2CCNCC2)c1. The van der Waals surface area contributed by atoms with E-state index in [0.717, 1.165) is 19.0 Å². The summed E-state index contributed by atoms with van der Waals surface area (Å²) in [6.45, 7) is 4.65. The van der Waals surface area contributed by atoms with Crippen LogP contribution in [0.2, 0.25) is 0 Å². The van der Waals surface area contributed by atoms with E-state index >= 15 is 0 Å². The molecule has 3 heteroatoms. The summed E-state index contributed by atoms with van der Waals surface area (Å²) in [5, 5.41) is 3.47. The molecule has 2 nitrogen and oxygen atoms in total. The fraction of sp³-hybridized carbons (Fsp3) is 0.625. The topological polar surface area (TPSA) is 15.3 Å². The quantitative estimate of drug-likeness (QED) is 0.914. The van der Waals surface area contributed by atoms with Gasteiger partial charge in [0.25, 0.3) is 0 Å². The zero-order chi connectivity index (χ0) is 13.1. The van der Waals surface area contributed by atoms with Crippen LogP contribution in [0.1, 0.15) is 37.3 Å². The minimum Gasteiger partial charge on any atom is -0.314 e. The lowest BCUT2D eigenvalue weighted by atomic mass is 9.90. The summed E-state index contributed by atoms with van der Waals surface area (Å²) in [6.07, 6.45) is 5.64. The number of nitrogens with zero attached hydrogens (tertiary/aromatic N) is 1. The van der Waals surface area contributed by atoms with E-state index in [1.54, 1.807) is 0 Å². The van der Waals surface area contributed by atoms with Gasteiger partial charge >= 0.3 is 0 Å². The molecule has 19 heavy (non-hydrogen) atoms. The second-order valence-electron chi connectivity index (χ2n) is 5.83. The third-order valence-corrected chi connectivity index (χ3v) is 5.07. The van der Waals surface area contributed by atoms with Crippen LogP contribution < -0.4 is 5.32 Å². The number of halogens is 1. The van der Waals surface area contributed by atoms with E-state index in [2.05, 4.69) is 50.4 Å². The first-order valence-electron chi connectivity index (χ1n) is 7.55. The average Bonchev–Trinajstić information content (AvgIpc) is 2.94. The average molecular weight is 323 g/mol. The van der Waals surface area contributed by atoms with Crippen molar-refractivity contribution in [3.8, 4) is 0 Å². The van der Waals surface area contributed by atoms with E-state index < -0.39 is 0 Å². The highest BCUT2D eigenvalue weighted by atomic mass is 79.9. The third-order valence-electron chi connectivity index (χ3n) is 4.58. The highest BCUT2D eigenvalue weighted by molar-refractivity contribution is 9.10. The zero-order valence-electron chi connectivity index (χ0n) is 11.4. The van der Waals surface area contributed by atoms with Gasteiger partial charge in [-0.2, -0.15) is 0 Å². The van der Waals surface area contributed by atoms with E-state index in [9.17, 15) is 0 Å². The lowest BCUT2D eigenvalue weighted by molar-refractivity contribution is 0.125. The Bertz CT molecular complexity index is 409. The Morgan fingerprint density at radius 2 is 1.89 bits per heavy atom. The number of piperazine rings is 1. The van der Waals surface area contributed by atoms with Crippen LogP contribution in [0.5, 0.6) is 0 Å². The van der Waals surface area contributed by atoms with Gasteiger partial charge in [0.1, 0.15) is 0 Å². The van der Waals surface area contributed by atoms with Gasteiger partial charge in [0, 0.05) is 36.7 Å². The molecule has 2 aliphatic rings. The van der Waals surface area contributed by atoms with Crippen molar-refractivity contribution >= 4 is 15.9 Å². The van der Waals surface area contributed by atoms with Gasteiger partial charge < -0.3 is 5.32 Å². The second-order valence-corrected chi connectivity index (χ2v) is 6.75. The van der Waals surface area contributed by atoms with Crippen molar-refractivity contribution in [2.75, 3.05) is 26.2 Å². The van der Waals surface area contributed by atoms with E-state index in [4.69, 9.17) is 0 Å². The van der Waals surface area contributed by atoms with Crippen LogP contribution in [0.3, 0.4) is 0 Å². The molecule has 0 aromatic heterocycles. The van der Waals surface area contributed by atoms with Gasteiger partial charge in [-0.1, -0.05) is 40.9 Å². The molecule has 0 bridgehead atoms. The lowest BCUT2D eigenvalue weighted by Gasteiger charge is -2.38. The highest BCUT2D eigenvalue weighted by Gasteiger charge is 2.31. The molecule has 1 aromatic carbocycles. The normalized spacial score (nSPS) is 23.6. The fourth-order valence-electron chi connectivity index (χ4n) is 3.71. The van der Waals surface area contributed by atoms with Gasteiger partial charge in [-0.05, 0) is 36.5 Å². The molecule has 1 heterocycles. The van der Waals surface area contributed by atoms with Crippen molar-refractivity contribution in [3.05, 3.63) is 34.3 Å². The smallest absolute Gasteiger partial charge is 0.0377 e. The maximum atomic E-state index is 3.63. The Balaban J connectivity index is 1.86. The first kappa shape index (κ1) is 13.6. The van der Waals surface area contributed by atoms with Crippen molar-refractivity contribution in [1.82, 2.24) is 10.2 Å². The predicted octanol–water partition coefficient (Wildman–Crippen LogP) is 3.59. The van der Waals surface area contributed by atoms with Crippen molar-refractivity contribution < 1.29 is 0 Å². The van der Waals surface area contributed by atoms with Gasteiger partial charge in [-0.15, -0.1) is 0 Å². The second kappa shape index (κ2) is 6.38. The Labute approximate surface area is 124 Å². The molecular formula is C16H23BrN2. The molecule has 2 fully saturated rings. The molecule has 1 aromatic rings. The number of hydrogen-bond acceptors (Lipinski definition) is 2. The molecule has 0 radical (unpaired) electrons. The highest BCUT2D eigenvalue weighted by Crippen LogP contribution is 2.40. The van der Waals surface area contributed by atoms with Crippen LogP contribution in [-0.2, 0) is 0 Å². The van der Waals surface area contributed by atoms with Crippen molar-refractivity contribution in [3.63, 3.8) is 0 Å². The monoisotopic (exact) mass is 322 g/mol. The largest absolute Gasteiger partial charge is 0.314 e. The first-order chi connectivity index (χ1) is 9.34. The number of hydrogen-bond donors (Lipinski definition) is 1. The minimum atomic E-state index is 0.627. The molecule has 0 unspecified atom stereocenters. The summed E-state index contributed by atoms with van der Waals surface area (Å²) in [5.41, 5.74) is 1.50. The first-order valence-corrected chi connectivity index (χ1v) is 8.34. The summed E-state index contributed by atoms with van der Waals surface area (Å²) >= 11 is 3.63. The molecule has 1 atom stereocenters. The van der Waals surface area contributed by atoms with Crippen LogP contribution in [0, 0.1) is 5.92 Å². The molecule has 0 amide bonds. The summed E-state index contributed by atoms with van der Waals surface area (Å²) in [5.74, 6) is 0.854. The van der Waals surface area contributed by atoms with Crippen LogP contribution in [-0.4, -0.2) is 31.1 Å². The Hall–Kier alpha value is -0.380. The summed E-state index contributed by atoms with van der Waals surface area (Å²) in [4.78, 5) is 2.70. The molecular weight excluding hydrogens is 300 g/mol. The third kappa shape index (κ3) is 3.21. The Kier molecular flexibility index (Phi) is 4.57. The molecule has 1 aliphatic heterocycles. The summed E-state index contributed by atoms with van der Waals surface area (Å²) < 4.78 is 1.21. The van der Waals surface area contributed by atoms with E-state index in [1.807, 2.05) is 0 Å². The van der Waals surface area contributed by atoms with Gasteiger partial charge in [0.05, 0.1) is 0 Å². The molecule has 104 valence electrons. The van der Waals surface area contributed by atoms with Crippen LogP contribution in [0.4, 0.5) is 0 Å². The van der Waals surface area contributed by atoms with Crippen LogP contribution in [0.15, 0.2) is 28.7 Å². The standard InChI is InChI=1S/C16H23BrN2/c17-15-7-3-6-14(12-15)16(13-4-1-2-5-13)19-10-8-18-9-11-19/h3,6-7,12-13,16,18H,1-2,4-5,8-11H2/t16-/m0/s1. The number of nitrogens with one attached hydrogen (secondary N) is 1. The van der Waals surface area contributed by atoms with E-state index in [1.165, 1.54) is 48.8 Å². The summed E-state index contributed by atoms with van der Waals surface area (Å²) in [7, 11) is 0. The maximum absolute atomic E-state index is 3.63. The maximum Gasteiger partial charge on any atom is 0.0377 e. The predicted molar refractivity (Wildman–Crippen MR) is 83.3 cm³/mol. The van der Waals surface area contributed by atoms with E-state index in [0.29, 0.717) is 6.04 Å². The molecule has 3 rings (SSSR count). The summed E-state index contributed by atoms with van der Waals surface area (Å²) in [6, 6.07) is 9.58. The fourth-order valence-corrected chi connectivity index (χ4v) is 4.12.